The highest BCUT2D eigenvalue weighted by Gasteiger charge is 2.16. The molecule has 2 amide bonds. The van der Waals surface area contributed by atoms with Crippen LogP contribution in [0.25, 0.3) is 0 Å². The first-order valence-corrected chi connectivity index (χ1v) is 8.42. The molecule has 1 atom stereocenters. The van der Waals surface area contributed by atoms with Gasteiger partial charge in [0, 0.05) is 24.4 Å². The highest BCUT2D eigenvalue weighted by Crippen LogP contribution is 2.17. The topological polar surface area (TPSA) is 74.2 Å². The van der Waals surface area contributed by atoms with Gasteiger partial charge in [-0.2, -0.15) is 0 Å². The van der Waals surface area contributed by atoms with Crippen LogP contribution in [0, 0.1) is 19.8 Å². The number of aryl methyl sites for hydroxylation is 2. The van der Waals surface area contributed by atoms with E-state index in [0.29, 0.717) is 13.1 Å². The van der Waals surface area contributed by atoms with Crippen molar-refractivity contribution in [2.45, 2.75) is 53.1 Å². The van der Waals surface area contributed by atoms with Crippen LogP contribution in [-0.4, -0.2) is 35.3 Å². The SMILES string of the molecule is CCC(CC)C(O)CNC(=O)NCCc1sc(C)nc1C. The summed E-state index contributed by atoms with van der Waals surface area (Å²) in [6.07, 6.45) is 2.16. The van der Waals surface area contributed by atoms with E-state index in [0.717, 1.165) is 30.0 Å². The first-order valence-electron chi connectivity index (χ1n) is 7.60. The molecular formula is C15H27N3O2S. The monoisotopic (exact) mass is 313 g/mol. The molecule has 1 aromatic heterocycles. The number of rotatable bonds is 8. The van der Waals surface area contributed by atoms with Gasteiger partial charge in [0.1, 0.15) is 0 Å². The van der Waals surface area contributed by atoms with Crippen molar-refractivity contribution in [3.8, 4) is 0 Å². The fraction of sp³-hybridized carbons (Fsp3) is 0.733. The first kappa shape index (κ1) is 17.9. The highest BCUT2D eigenvalue weighted by atomic mass is 32.1. The van der Waals surface area contributed by atoms with Gasteiger partial charge in [-0.1, -0.05) is 26.7 Å². The van der Waals surface area contributed by atoms with Gasteiger partial charge in [-0.3, -0.25) is 0 Å². The fourth-order valence-electron chi connectivity index (χ4n) is 2.35. The minimum absolute atomic E-state index is 0.223. The van der Waals surface area contributed by atoms with E-state index < -0.39 is 6.10 Å². The maximum atomic E-state index is 11.7. The lowest BCUT2D eigenvalue weighted by Gasteiger charge is -2.20. The zero-order valence-electron chi connectivity index (χ0n) is 13.4. The zero-order chi connectivity index (χ0) is 15.8. The molecule has 21 heavy (non-hydrogen) atoms. The highest BCUT2D eigenvalue weighted by molar-refractivity contribution is 7.11. The molecule has 3 N–H and O–H groups in total. The van der Waals surface area contributed by atoms with Gasteiger partial charge in [0.2, 0.25) is 0 Å². The molecule has 1 rings (SSSR count). The van der Waals surface area contributed by atoms with E-state index in [4.69, 9.17) is 0 Å². The minimum Gasteiger partial charge on any atom is -0.391 e. The van der Waals surface area contributed by atoms with Gasteiger partial charge in [0.15, 0.2) is 0 Å². The summed E-state index contributed by atoms with van der Waals surface area (Å²) < 4.78 is 0. The number of carbonyl (C=O) groups is 1. The minimum atomic E-state index is -0.475. The Morgan fingerprint density at radius 3 is 2.48 bits per heavy atom. The van der Waals surface area contributed by atoms with Crippen molar-refractivity contribution in [2.75, 3.05) is 13.1 Å². The van der Waals surface area contributed by atoms with Crippen LogP contribution in [0.15, 0.2) is 0 Å². The summed E-state index contributed by atoms with van der Waals surface area (Å²) in [4.78, 5) is 17.3. The molecule has 0 saturated heterocycles. The van der Waals surface area contributed by atoms with E-state index in [1.165, 1.54) is 4.88 Å². The number of amides is 2. The summed E-state index contributed by atoms with van der Waals surface area (Å²) in [5, 5.41) is 16.5. The molecule has 0 bridgehead atoms. The molecule has 0 saturated carbocycles. The summed E-state index contributed by atoms with van der Waals surface area (Å²) in [5.74, 6) is 0.244. The predicted molar refractivity (Wildman–Crippen MR) is 86.8 cm³/mol. The molecule has 0 aliphatic rings. The lowest BCUT2D eigenvalue weighted by atomic mass is 9.97. The Hall–Kier alpha value is -1.14. The number of aliphatic hydroxyl groups is 1. The summed E-state index contributed by atoms with van der Waals surface area (Å²) in [5.41, 5.74) is 1.05. The molecule has 1 unspecified atom stereocenters. The Morgan fingerprint density at radius 1 is 1.29 bits per heavy atom. The quantitative estimate of drug-likeness (QED) is 0.690. The van der Waals surface area contributed by atoms with Crippen molar-refractivity contribution >= 4 is 17.4 Å². The van der Waals surface area contributed by atoms with E-state index in [1.807, 2.05) is 13.8 Å². The smallest absolute Gasteiger partial charge is 0.314 e. The average Bonchev–Trinajstić information content (AvgIpc) is 2.76. The molecule has 0 aromatic carbocycles. The number of aromatic nitrogens is 1. The predicted octanol–water partition coefficient (Wildman–Crippen LogP) is 2.40. The summed E-state index contributed by atoms with van der Waals surface area (Å²) in [6, 6.07) is -0.223. The van der Waals surface area contributed by atoms with Crippen LogP contribution >= 0.6 is 11.3 Å². The summed E-state index contributed by atoms with van der Waals surface area (Å²) in [7, 11) is 0. The van der Waals surface area contributed by atoms with Gasteiger partial charge in [-0.25, -0.2) is 9.78 Å². The molecule has 0 spiro atoms. The molecule has 0 radical (unpaired) electrons. The standard InChI is InChI=1S/C15H27N3O2S/c1-5-12(6-2)13(19)9-17-15(20)16-8-7-14-10(3)18-11(4)21-14/h12-13,19H,5-9H2,1-4H3,(H2,16,17,20). The third-order valence-electron chi connectivity index (χ3n) is 3.70. The third kappa shape index (κ3) is 6.01. The Kier molecular flexibility index (Phi) is 7.67. The Balaban J connectivity index is 2.24. The van der Waals surface area contributed by atoms with Crippen LogP contribution in [0.1, 0.15) is 42.3 Å². The molecule has 0 fully saturated rings. The maximum Gasteiger partial charge on any atom is 0.314 e. The number of carbonyl (C=O) groups excluding carboxylic acids is 1. The van der Waals surface area contributed by atoms with Crippen molar-refractivity contribution in [2.24, 2.45) is 5.92 Å². The zero-order valence-corrected chi connectivity index (χ0v) is 14.2. The molecule has 1 heterocycles. The van der Waals surface area contributed by atoms with Crippen LogP contribution in [0.5, 0.6) is 0 Å². The second kappa shape index (κ2) is 9.00. The molecule has 0 aliphatic heterocycles. The largest absolute Gasteiger partial charge is 0.391 e. The summed E-state index contributed by atoms with van der Waals surface area (Å²) >= 11 is 1.67. The maximum absolute atomic E-state index is 11.7. The Bertz CT molecular complexity index is 444. The third-order valence-corrected chi connectivity index (χ3v) is 4.83. The van der Waals surface area contributed by atoms with Crippen LogP contribution in [-0.2, 0) is 6.42 Å². The number of nitrogens with one attached hydrogen (secondary N) is 2. The lowest BCUT2D eigenvalue weighted by Crippen LogP contribution is -2.42. The van der Waals surface area contributed by atoms with Gasteiger partial charge >= 0.3 is 6.03 Å². The molecule has 1 aromatic rings. The Morgan fingerprint density at radius 2 is 1.95 bits per heavy atom. The Labute approximate surface area is 131 Å². The van der Waals surface area contributed by atoms with E-state index in [-0.39, 0.29) is 11.9 Å². The number of urea groups is 1. The average molecular weight is 313 g/mol. The van der Waals surface area contributed by atoms with E-state index in [1.54, 1.807) is 11.3 Å². The van der Waals surface area contributed by atoms with Crippen LogP contribution in [0.3, 0.4) is 0 Å². The van der Waals surface area contributed by atoms with Crippen LogP contribution in [0.4, 0.5) is 4.79 Å². The van der Waals surface area contributed by atoms with Gasteiger partial charge in [0.05, 0.1) is 16.8 Å². The number of aliphatic hydroxyl groups excluding tert-OH is 1. The first-order chi connectivity index (χ1) is 9.97. The van der Waals surface area contributed by atoms with Crippen LogP contribution in [0.2, 0.25) is 0 Å². The van der Waals surface area contributed by atoms with Crippen molar-refractivity contribution in [1.82, 2.24) is 15.6 Å². The van der Waals surface area contributed by atoms with Gasteiger partial charge < -0.3 is 15.7 Å². The van der Waals surface area contributed by atoms with Gasteiger partial charge in [0.25, 0.3) is 0 Å². The normalized spacial score (nSPS) is 12.5. The number of thiazole rings is 1. The second-order valence-electron chi connectivity index (χ2n) is 5.27. The fourth-order valence-corrected chi connectivity index (χ4v) is 3.29. The van der Waals surface area contributed by atoms with Crippen molar-refractivity contribution < 1.29 is 9.90 Å². The number of hydrogen-bond acceptors (Lipinski definition) is 4. The van der Waals surface area contributed by atoms with Crippen molar-refractivity contribution in [3.63, 3.8) is 0 Å². The molecule has 6 heteroatoms. The van der Waals surface area contributed by atoms with Crippen molar-refractivity contribution in [1.29, 1.82) is 0 Å². The summed E-state index contributed by atoms with van der Waals surface area (Å²) in [6.45, 7) is 8.96. The number of nitrogens with zero attached hydrogens (tertiary/aromatic N) is 1. The molecule has 5 nitrogen and oxygen atoms in total. The molecule has 120 valence electrons. The van der Waals surface area contributed by atoms with Gasteiger partial charge in [-0.15, -0.1) is 11.3 Å². The van der Waals surface area contributed by atoms with Gasteiger partial charge in [-0.05, 0) is 19.8 Å². The molecular weight excluding hydrogens is 286 g/mol. The second-order valence-corrected chi connectivity index (χ2v) is 6.56. The lowest BCUT2D eigenvalue weighted by molar-refractivity contribution is 0.103. The van der Waals surface area contributed by atoms with E-state index in [9.17, 15) is 9.90 Å². The van der Waals surface area contributed by atoms with E-state index >= 15 is 0 Å². The number of hydrogen-bond donors (Lipinski definition) is 3. The van der Waals surface area contributed by atoms with E-state index in [2.05, 4.69) is 29.5 Å². The molecule has 0 aliphatic carbocycles. The van der Waals surface area contributed by atoms with Crippen molar-refractivity contribution in [3.05, 3.63) is 15.6 Å². The van der Waals surface area contributed by atoms with Crippen LogP contribution < -0.4 is 10.6 Å².